The van der Waals surface area contributed by atoms with Crippen LogP contribution in [0.25, 0.3) is 0 Å². The van der Waals surface area contributed by atoms with Crippen molar-refractivity contribution in [3.05, 3.63) is 0 Å². The van der Waals surface area contributed by atoms with Crippen LogP contribution in [0.3, 0.4) is 0 Å². The Morgan fingerprint density at radius 2 is 2.05 bits per heavy atom. The van der Waals surface area contributed by atoms with E-state index < -0.39 is 0 Å². The van der Waals surface area contributed by atoms with Crippen LogP contribution in [0.15, 0.2) is 5.16 Å². The van der Waals surface area contributed by atoms with Gasteiger partial charge in [-0.25, -0.2) is 4.68 Å². The van der Waals surface area contributed by atoms with Crippen molar-refractivity contribution < 1.29 is 4.79 Å². The molecule has 1 heterocycles. The van der Waals surface area contributed by atoms with E-state index in [1.54, 1.807) is 4.68 Å². The molecule has 1 saturated carbocycles. The number of carbonyl (C=O) groups is 1. The maximum atomic E-state index is 12.0. The Bertz CT molecular complexity index is 440. The molecule has 0 aliphatic heterocycles. The van der Waals surface area contributed by atoms with Gasteiger partial charge < -0.3 is 5.32 Å². The maximum absolute atomic E-state index is 12.0. The minimum atomic E-state index is 0.0889. The fourth-order valence-electron chi connectivity index (χ4n) is 2.58. The Hall–Kier alpha value is -1.11. The number of tetrazole rings is 1. The second-order valence-corrected chi connectivity index (χ2v) is 7.02. The van der Waals surface area contributed by atoms with Crippen molar-refractivity contribution in [2.24, 2.45) is 5.92 Å². The largest absolute Gasteiger partial charge is 0.353 e. The number of aromatic nitrogens is 4. The molecule has 118 valence electrons. The van der Waals surface area contributed by atoms with Gasteiger partial charge in [0.05, 0.1) is 5.75 Å². The topological polar surface area (TPSA) is 72.7 Å². The molecule has 1 N–H and O–H groups in total. The summed E-state index contributed by atoms with van der Waals surface area (Å²) in [5.41, 5.74) is 0. The van der Waals surface area contributed by atoms with Gasteiger partial charge >= 0.3 is 0 Å². The number of nitrogens with zero attached hydrogens (tertiary/aromatic N) is 4. The van der Waals surface area contributed by atoms with Crippen molar-refractivity contribution in [1.29, 1.82) is 0 Å². The predicted octanol–water partition coefficient (Wildman–Crippen LogP) is 2.26. The summed E-state index contributed by atoms with van der Waals surface area (Å²) in [6.45, 7) is 5.02. The van der Waals surface area contributed by atoms with Gasteiger partial charge in [0.25, 0.3) is 0 Å². The van der Waals surface area contributed by atoms with Crippen molar-refractivity contribution in [3.8, 4) is 0 Å². The Labute approximate surface area is 130 Å². The van der Waals surface area contributed by atoms with Crippen LogP contribution in [-0.2, 0) is 11.3 Å². The van der Waals surface area contributed by atoms with Crippen molar-refractivity contribution in [2.75, 3.05) is 5.75 Å². The molecule has 6 nitrogen and oxygen atoms in total. The van der Waals surface area contributed by atoms with Crippen LogP contribution in [0.5, 0.6) is 0 Å². The molecule has 0 bridgehead atoms. The van der Waals surface area contributed by atoms with Crippen LogP contribution in [0, 0.1) is 5.92 Å². The summed E-state index contributed by atoms with van der Waals surface area (Å²) in [5.74, 6) is 0.952. The number of amides is 1. The van der Waals surface area contributed by atoms with E-state index in [0.29, 0.717) is 17.7 Å². The third kappa shape index (κ3) is 5.65. The van der Waals surface area contributed by atoms with Crippen molar-refractivity contribution in [2.45, 2.75) is 70.1 Å². The second-order valence-electron chi connectivity index (χ2n) is 6.08. The van der Waals surface area contributed by atoms with E-state index in [1.165, 1.54) is 37.4 Å². The lowest BCUT2D eigenvalue weighted by atomic mass is 10.1. The first-order chi connectivity index (χ1) is 10.1. The van der Waals surface area contributed by atoms with Gasteiger partial charge in [-0.05, 0) is 29.2 Å². The van der Waals surface area contributed by atoms with Crippen molar-refractivity contribution in [3.63, 3.8) is 0 Å². The minimum Gasteiger partial charge on any atom is -0.353 e. The zero-order valence-corrected chi connectivity index (χ0v) is 13.7. The highest BCUT2D eigenvalue weighted by Crippen LogP contribution is 2.18. The Kier molecular flexibility index (Phi) is 6.48. The maximum Gasteiger partial charge on any atom is 0.230 e. The molecule has 0 aromatic carbocycles. The molecule has 0 atom stereocenters. The molecule has 7 heteroatoms. The van der Waals surface area contributed by atoms with E-state index in [4.69, 9.17) is 0 Å². The fraction of sp³-hybridized carbons (Fsp3) is 0.857. The highest BCUT2D eigenvalue weighted by molar-refractivity contribution is 7.99. The monoisotopic (exact) mass is 311 g/mol. The fourth-order valence-corrected chi connectivity index (χ4v) is 3.28. The molecule has 1 aromatic heterocycles. The van der Waals surface area contributed by atoms with E-state index in [2.05, 4.69) is 34.7 Å². The summed E-state index contributed by atoms with van der Waals surface area (Å²) in [5, 5.41) is 15.5. The van der Waals surface area contributed by atoms with Crippen LogP contribution in [0.2, 0.25) is 0 Å². The summed E-state index contributed by atoms with van der Waals surface area (Å²) in [6.07, 6.45) is 7.27. The van der Waals surface area contributed by atoms with Crippen LogP contribution >= 0.6 is 11.8 Å². The summed E-state index contributed by atoms with van der Waals surface area (Å²) >= 11 is 1.41. The SMILES string of the molecule is CC(C)Cn1nnnc1SCC(=O)NC1CCCCCC1. The lowest BCUT2D eigenvalue weighted by molar-refractivity contribution is -0.119. The Morgan fingerprint density at radius 3 is 2.71 bits per heavy atom. The first-order valence-corrected chi connectivity index (χ1v) is 8.82. The van der Waals surface area contributed by atoms with E-state index in [-0.39, 0.29) is 5.91 Å². The predicted molar refractivity (Wildman–Crippen MR) is 83.0 cm³/mol. The van der Waals surface area contributed by atoms with Gasteiger partial charge in [-0.1, -0.05) is 51.3 Å². The number of nitrogens with one attached hydrogen (secondary N) is 1. The van der Waals surface area contributed by atoms with Crippen LogP contribution in [-0.4, -0.2) is 37.9 Å². The summed E-state index contributed by atoms with van der Waals surface area (Å²) in [4.78, 5) is 12.0. The average Bonchev–Trinajstić information content (AvgIpc) is 2.70. The molecule has 0 radical (unpaired) electrons. The van der Waals surface area contributed by atoms with E-state index >= 15 is 0 Å². The summed E-state index contributed by atoms with van der Waals surface area (Å²) in [7, 11) is 0. The van der Waals surface area contributed by atoms with Gasteiger partial charge in [-0.15, -0.1) is 5.10 Å². The number of rotatable bonds is 6. The van der Waals surface area contributed by atoms with E-state index in [0.717, 1.165) is 24.5 Å². The number of hydrogen-bond acceptors (Lipinski definition) is 5. The molecule has 0 unspecified atom stereocenters. The number of carbonyl (C=O) groups excluding carboxylic acids is 1. The Morgan fingerprint density at radius 1 is 1.33 bits per heavy atom. The smallest absolute Gasteiger partial charge is 0.230 e. The minimum absolute atomic E-state index is 0.0889. The molecular weight excluding hydrogens is 286 g/mol. The molecule has 1 aliphatic carbocycles. The molecule has 1 aliphatic rings. The summed E-state index contributed by atoms with van der Waals surface area (Å²) in [6, 6.07) is 0.354. The Balaban J connectivity index is 1.77. The zero-order chi connectivity index (χ0) is 15.1. The lowest BCUT2D eigenvalue weighted by Gasteiger charge is -2.15. The van der Waals surface area contributed by atoms with Gasteiger partial charge in [0, 0.05) is 12.6 Å². The summed E-state index contributed by atoms with van der Waals surface area (Å²) < 4.78 is 1.77. The molecule has 1 aromatic rings. The molecule has 1 fully saturated rings. The normalized spacial score (nSPS) is 16.9. The first-order valence-electron chi connectivity index (χ1n) is 7.83. The zero-order valence-electron chi connectivity index (χ0n) is 12.9. The van der Waals surface area contributed by atoms with Crippen LogP contribution in [0.1, 0.15) is 52.4 Å². The van der Waals surface area contributed by atoms with Gasteiger partial charge in [0.15, 0.2) is 0 Å². The molecule has 1 amide bonds. The molecular formula is C14H25N5OS. The van der Waals surface area contributed by atoms with Gasteiger partial charge in [0.2, 0.25) is 11.1 Å². The molecule has 0 spiro atoms. The standard InChI is InChI=1S/C14H25N5OS/c1-11(2)9-19-14(16-17-18-19)21-10-13(20)15-12-7-5-3-4-6-8-12/h11-12H,3-10H2,1-2H3,(H,15,20). The third-order valence-corrected chi connectivity index (χ3v) is 4.55. The highest BCUT2D eigenvalue weighted by atomic mass is 32.2. The van der Waals surface area contributed by atoms with Crippen LogP contribution < -0.4 is 5.32 Å². The molecule has 2 rings (SSSR count). The first kappa shape index (κ1) is 16.3. The quantitative estimate of drug-likeness (QED) is 0.644. The second kappa shape index (κ2) is 8.36. The lowest BCUT2D eigenvalue weighted by Crippen LogP contribution is -2.35. The van der Waals surface area contributed by atoms with Crippen molar-refractivity contribution in [1.82, 2.24) is 25.5 Å². The molecule has 21 heavy (non-hydrogen) atoms. The van der Waals surface area contributed by atoms with Gasteiger partial charge in [-0.2, -0.15) is 0 Å². The average molecular weight is 311 g/mol. The number of hydrogen-bond donors (Lipinski definition) is 1. The van der Waals surface area contributed by atoms with Gasteiger partial charge in [-0.3, -0.25) is 4.79 Å². The highest BCUT2D eigenvalue weighted by Gasteiger charge is 2.16. The van der Waals surface area contributed by atoms with Gasteiger partial charge in [0.1, 0.15) is 0 Å². The third-order valence-electron chi connectivity index (χ3n) is 3.59. The number of thioether (sulfide) groups is 1. The van der Waals surface area contributed by atoms with Crippen molar-refractivity contribution >= 4 is 17.7 Å². The molecule has 0 saturated heterocycles. The van der Waals surface area contributed by atoms with E-state index in [1.807, 2.05) is 0 Å². The van der Waals surface area contributed by atoms with E-state index in [9.17, 15) is 4.79 Å². The van der Waals surface area contributed by atoms with Crippen LogP contribution in [0.4, 0.5) is 0 Å².